The molecule has 0 unspecified atom stereocenters. The number of phenols is 1. The fourth-order valence-electron chi connectivity index (χ4n) is 1.80. The summed E-state index contributed by atoms with van der Waals surface area (Å²) < 4.78 is 26.7. The smallest absolute Gasteiger partial charge is 0.201 e. The predicted molar refractivity (Wildman–Crippen MR) is 59.5 cm³/mol. The van der Waals surface area contributed by atoms with E-state index < -0.39 is 17.4 Å². The number of fused-ring (bicyclic) bond motifs is 1. The molecule has 0 saturated carbocycles. The largest absolute Gasteiger partial charge is 0.505 e. The predicted octanol–water partition coefficient (Wildman–Crippen LogP) is 3.78. The molecule has 2 aromatic rings. The molecule has 0 fully saturated rings. The van der Waals surface area contributed by atoms with Gasteiger partial charge in [-0.1, -0.05) is 25.5 Å². The zero-order valence-electron chi connectivity index (χ0n) is 8.93. The van der Waals surface area contributed by atoms with E-state index in [1.807, 2.05) is 13.0 Å². The highest BCUT2D eigenvalue weighted by Crippen LogP contribution is 2.28. The van der Waals surface area contributed by atoms with Crippen LogP contribution in [-0.4, -0.2) is 5.11 Å². The Morgan fingerprint density at radius 3 is 2.56 bits per heavy atom. The number of aryl methyl sites for hydroxylation is 1. The highest BCUT2D eigenvalue weighted by atomic mass is 19.2. The summed E-state index contributed by atoms with van der Waals surface area (Å²) in [5, 5.41) is 9.89. The van der Waals surface area contributed by atoms with Gasteiger partial charge in [0.15, 0.2) is 11.6 Å². The topological polar surface area (TPSA) is 20.2 Å². The fraction of sp³-hybridized carbons (Fsp3) is 0.231. The Morgan fingerprint density at radius 2 is 1.88 bits per heavy atom. The average molecular weight is 222 g/mol. The summed E-state index contributed by atoms with van der Waals surface area (Å²) in [5.41, 5.74) is 0.971. The first-order valence-corrected chi connectivity index (χ1v) is 5.23. The molecule has 1 N–H and O–H groups in total. The quantitative estimate of drug-likeness (QED) is 0.819. The Kier molecular flexibility index (Phi) is 2.77. The van der Waals surface area contributed by atoms with Crippen LogP contribution in [0.3, 0.4) is 0 Å². The van der Waals surface area contributed by atoms with Crippen LogP contribution in [-0.2, 0) is 6.42 Å². The Morgan fingerprint density at radius 1 is 1.12 bits per heavy atom. The van der Waals surface area contributed by atoms with E-state index in [0.29, 0.717) is 5.39 Å². The molecular formula is C13H12F2O. The van der Waals surface area contributed by atoms with E-state index in [1.54, 1.807) is 12.1 Å². The molecule has 0 bridgehead atoms. The summed E-state index contributed by atoms with van der Waals surface area (Å²) in [5.74, 6) is -2.80. The maximum Gasteiger partial charge on any atom is 0.201 e. The molecule has 3 heteroatoms. The number of aromatic hydroxyl groups is 1. The van der Waals surface area contributed by atoms with Gasteiger partial charge >= 0.3 is 0 Å². The molecule has 0 heterocycles. The van der Waals surface area contributed by atoms with Gasteiger partial charge in [0, 0.05) is 5.39 Å². The molecule has 2 rings (SSSR count). The van der Waals surface area contributed by atoms with E-state index in [1.165, 1.54) is 6.07 Å². The molecule has 0 aromatic heterocycles. The van der Waals surface area contributed by atoms with Crippen LogP contribution in [0.5, 0.6) is 5.75 Å². The van der Waals surface area contributed by atoms with E-state index in [9.17, 15) is 8.78 Å². The maximum atomic E-state index is 13.5. The number of phenolic OH excluding ortho intramolecular Hbond substituents is 1. The van der Waals surface area contributed by atoms with E-state index in [0.717, 1.165) is 18.4 Å². The monoisotopic (exact) mass is 222 g/mol. The van der Waals surface area contributed by atoms with Gasteiger partial charge in [0.05, 0.1) is 0 Å². The first-order chi connectivity index (χ1) is 7.63. The summed E-state index contributed by atoms with van der Waals surface area (Å²) in [4.78, 5) is 0. The standard InChI is InChI=1S/C13H12F2O/c1-2-3-8-4-5-9-7-11(16)13(15)12(14)10(9)6-8/h4-7,16H,2-3H2,1H3. The maximum absolute atomic E-state index is 13.5. The van der Waals surface area contributed by atoms with Crippen molar-refractivity contribution in [2.45, 2.75) is 19.8 Å². The van der Waals surface area contributed by atoms with Crippen LogP contribution in [0, 0.1) is 11.6 Å². The van der Waals surface area contributed by atoms with Crippen LogP contribution in [0.1, 0.15) is 18.9 Å². The minimum absolute atomic E-state index is 0.223. The van der Waals surface area contributed by atoms with Crippen molar-refractivity contribution in [2.75, 3.05) is 0 Å². The Hall–Kier alpha value is -1.64. The Labute approximate surface area is 92.3 Å². The lowest BCUT2D eigenvalue weighted by atomic mass is 10.0. The van der Waals surface area contributed by atoms with Crippen LogP contribution in [0.2, 0.25) is 0 Å². The lowest BCUT2D eigenvalue weighted by Gasteiger charge is -2.05. The van der Waals surface area contributed by atoms with Gasteiger partial charge < -0.3 is 5.11 Å². The van der Waals surface area contributed by atoms with Gasteiger partial charge in [0.25, 0.3) is 0 Å². The first kappa shape index (κ1) is 10.9. The van der Waals surface area contributed by atoms with Gasteiger partial charge in [-0.15, -0.1) is 0 Å². The highest BCUT2D eigenvalue weighted by Gasteiger charge is 2.12. The van der Waals surface area contributed by atoms with Gasteiger partial charge in [0.2, 0.25) is 5.82 Å². The van der Waals surface area contributed by atoms with E-state index >= 15 is 0 Å². The van der Waals surface area contributed by atoms with Gasteiger partial charge in [0.1, 0.15) is 0 Å². The lowest BCUT2D eigenvalue weighted by Crippen LogP contribution is -1.90. The highest BCUT2D eigenvalue weighted by molar-refractivity contribution is 5.85. The van der Waals surface area contributed by atoms with Gasteiger partial charge in [-0.05, 0) is 29.5 Å². The van der Waals surface area contributed by atoms with E-state index in [4.69, 9.17) is 5.11 Å². The van der Waals surface area contributed by atoms with Gasteiger partial charge in [-0.3, -0.25) is 0 Å². The number of halogens is 2. The third kappa shape index (κ3) is 1.73. The number of hydrogen-bond acceptors (Lipinski definition) is 1. The molecular weight excluding hydrogens is 210 g/mol. The molecule has 0 atom stereocenters. The van der Waals surface area contributed by atoms with Crippen LogP contribution >= 0.6 is 0 Å². The molecule has 16 heavy (non-hydrogen) atoms. The van der Waals surface area contributed by atoms with Crippen molar-refractivity contribution >= 4 is 10.8 Å². The molecule has 0 saturated heterocycles. The molecule has 0 aliphatic rings. The Bertz CT molecular complexity index is 535. The molecule has 0 radical (unpaired) electrons. The first-order valence-electron chi connectivity index (χ1n) is 5.23. The number of rotatable bonds is 2. The summed E-state index contributed by atoms with van der Waals surface area (Å²) in [7, 11) is 0. The van der Waals surface area contributed by atoms with Gasteiger partial charge in [-0.2, -0.15) is 4.39 Å². The fourth-order valence-corrected chi connectivity index (χ4v) is 1.80. The minimum Gasteiger partial charge on any atom is -0.505 e. The molecule has 0 aliphatic carbocycles. The summed E-state index contributed by atoms with van der Waals surface area (Å²) >= 11 is 0. The Balaban J connectivity index is 2.68. The molecule has 2 aromatic carbocycles. The molecule has 84 valence electrons. The van der Waals surface area contributed by atoms with Crippen molar-refractivity contribution in [3.8, 4) is 5.75 Å². The van der Waals surface area contributed by atoms with E-state index in [2.05, 4.69) is 0 Å². The minimum atomic E-state index is -1.18. The van der Waals surface area contributed by atoms with Gasteiger partial charge in [-0.25, -0.2) is 4.39 Å². The number of benzene rings is 2. The van der Waals surface area contributed by atoms with Crippen molar-refractivity contribution in [3.05, 3.63) is 41.5 Å². The molecule has 0 aliphatic heterocycles. The second kappa shape index (κ2) is 4.08. The van der Waals surface area contributed by atoms with E-state index in [-0.39, 0.29) is 5.39 Å². The second-order valence-corrected chi connectivity index (χ2v) is 3.83. The zero-order valence-corrected chi connectivity index (χ0v) is 8.93. The summed E-state index contributed by atoms with van der Waals surface area (Å²) in [6, 6.07) is 6.44. The summed E-state index contributed by atoms with van der Waals surface area (Å²) in [6.45, 7) is 2.03. The van der Waals surface area contributed by atoms with Crippen molar-refractivity contribution in [1.29, 1.82) is 0 Å². The normalized spacial score (nSPS) is 10.9. The van der Waals surface area contributed by atoms with Crippen LogP contribution in [0.15, 0.2) is 24.3 Å². The third-order valence-corrected chi connectivity index (χ3v) is 2.60. The average Bonchev–Trinajstić information content (AvgIpc) is 2.28. The molecule has 1 nitrogen and oxygen atoms in total. The van der Waals surface area contributed by atoms with Crippen LogP contribution < -0.4 is 0 Å². The van der Waals surface area contributed by atoms with Crippen molar-refractivity contribution in [2.24, 2.45) is 0 Å². The van der Waals surface area contributed by atoms with Crippen LogP contribution in [0.25, 0.3) is 10.8 Å². The number of hydrogen-bond donors (Lipinski definition) is 1. The van der Waals surface area contributed by atoms with Crippen LogP contribution in [0.4, 0.5) is 8.78 Å². The third-order valence-electron chi connectivity index (χ3n) is 2.60. The summed E-state index contributed by atoms with van der Waals surface area (Å²) in [6.07, 6.45) is 1.78. The van der Waals surface area contributed by atoms with Crippen molar-refractivity contribution < 1.29 is 13.9 Å². The molecule has 0 amide bonds. The SMILES string of the molecule is CCCc1ccc2cc(O)c(F)c(F)c2c1. The zero-order chi connectivity index (χ0) is 11.7. The van der Waals surface area contributed by atoms with Crippen molar-refractivity contribution in [1.82, 2.24) is 0 Å². The molecule has 0 spiro atoms. The second-order valence-electron chi connectivity index (χ2n) is 3.83. The lowest BCUT2D eigenvalue weighted by molar-refractivity contribution is 0.410. The van der Waals surface area contributed by atoms with Crippen molar-refractivity contribution in [3.63, 3.8) is 0 Å².